The van der Waals surface area contributed by atoms with Gasteiger partial charge < -0.3 is 5.32 Å². The van der Waals surface area contributed by atoms with Crippen molar-refractivity contribution in [3.63, 3.8) is 0 Å². The van der Waals surface area contributed by atoms with Crippen molar-refractivity contribution < 1.29 is 8.42 Å². The Hall–Kier alpha value is -0.0900. The Balaban J connectivity index is 2.28. The van der Waals surface area contributed by atoms with E-state index in [2.05, 4.69) is 19.2 Å². The fourth-order valence-electron chi connectivity index (χ4n) is 2.76. The lowest BCUT2D eigenvalue weighted by atomic mass is 9.89. The normalized spacial score (nSPS) is 26.2. The van der Waals surface area contributed by atoms with Crippen molar-refractivity contribution in [2.45, 2.75) is 58.9 Å². The van der Waals surface area contributed by atoms with Crippen LogP contribution in [0.1, 0.15) is 52.9 Å². The Morgan fingerprint density at radius 2 is 1.89 bits per heavy atom. The summed E-state index contributed by atoms with van der Waals surface area (Å²) in [6.07, 6.45) is 6.31. The van der Waals surface area contributed by atoms with Gasteiger partial charge in [0.2, 0.25) is 0 Å². The van der Waals surface area contributed by atoms with Gasteiger partial charge in [0, 0.05) is 18.3 Å². The van der Waals surface area contributed by atoms with E-state index in [9.17, 15) is 8.42 Å². The van der Waals surface area contributed by atoms with Gasteiger partial charge in [-0.05, 0) is 31.1 Å². The molecule has 1 N–H and O–H groups in total. The third kappa shape index (κ3) is 5.70. The van der Waals surface area contributed by atoms with E-state index < -0.39 is 9.84 Å². The summed E-state index contributed by atoms with van der Waals surface area (Å²) in [6, 6.07) is 0.529. The zero-order valence-electron chi connectivity index (χ0n) is 12.1. The van der Waals surface area contributed by atoms with Crippen molar-refractivity contribution in [1.82, 2.24) is 5.32 Å². The molecule has 1 aliphatic carbocycles. The summed E-state index contributed by atoms with van der Waals surface area (Å²) in [7, 11) is -2.82. The molecular formula is C14H29NO2S. The van der Waals surface area contributed by atoms with Crippen LogP contribution in [0.3, 0.4) is 0 Å². The number of nitrogens with one attached hydrogen (secondary N) is 1. The van der Waals surface area contributed by atoms with Gasteiger partial charge in [-0.1, -0.05) is 33.6 Å². The van der Waals surface area contributed by atoms with Crippen molar-refractivity contribution in [1.29, 1.82) is 0 Å². The van der Waals surface area contributed by atoms with Crippen LogP contribution in [-0.4, -0.2) is 32.5 Å². The van der Waals surface area contributed by atoms with Crippen LogP contribution in [0.15, 0.2) is 0 Å². The molecule has 0 spiro atoms. The highest BCUT2D eigenvalue weighted by atomic mass is 32.2. The van der Waals surface area contributed by atoms with Gasteiger partial charge in [0.05, 0.1) is 5.75 Å². The molecule has 0 aromatic heterocycles. The predicted molar refractivity (Wildman–Crippen MR) is 77.5 cm³/mol. The van der Waals surface area contributed by atoms with E-state index in [0.29, 0.717) is 12.6 Å². The lowest BCUT2D eigenvalue weighted by Gasteiger charge is -2.19. The molecule has 3 nitrogen and oxygen atoms in total. The molecule has 2 unspecified atom stereocenters. The lowest BCUT2D eigenvalue weighted by molar-refractivity contribution is 0.338. The fourth-order valence-corrected chi connectivity index (χ4v) is 3.48. The monoisotopic (exact) mass is 275 g/mol. The first kappa shape index (κ1) is 16.0. The molecule has 1 rings (SSSR count). The maximum absolute atomic E-state index is 11.4. The lowest BCUT2D eigenvalue weighted by Crippen LogP contribution is -2.33. The van der Waals surface area contributed by atoms with Gasteiger partial charge in [0.15, 0.2) is 9.84 Å². The summed E-state index contributed by atoms with van der Waals surface area (Å²) in [5.74, 6) is 2.18. The van der Waals surface area contributed by atoms with Gasteiger partial charge in [-0.3, -0.25) is 0 Å². The minimum absolute atomic E-state index is 0.259. The van der Waals surface area contributed by atoms with Crippen LogP contribution in [0.25, 0.3) is 0 Å². The average Bonchev–Trinajstić information content (AvgIpc) is 2.54. The van der Waals surface area contributed by atoms with Crippen LogP contribution < -0.4 is 5.32 Å². The maximum Gasteiger partial charge on any atom is 0.151 e. The van der Waals surface area contributed by atoms with E-state index in [1.807, 2.05) is 0 Å². The molecule has 4 heteroatoms. The summed E-state index contributed by atoms with van der Waals surface area (Å²) >= 11 is 0. The first-order valence-electron chi connectivity index (χ1n) is 7.38. The number of hydrogen-bond acceptors (Lipinski definition) is 3. The van der Waals surface area contributed by atoms with Gasteiger partial charge in [-0.25, -0.2) is 8.42 Å². The van der Waals surface area contributed by atoms with Crippen LogP contribution in [0.2, 0.25) is 0 Å². The number of sulfone groups is 1. The van der Waals surface area contributed by atoms with Crippen molar-refractivity contribution in [3.05, 3.63) is 0 Å². The SMILES string of the molecule is CCS(=O)(=O)CCNC1CCCC(C(C)C)CC1. The molecule has 108 valence electrons. The van der Waals surface area contributed by atoms with Gasteiger partial charge in [0.25, 0.3) is 0 Å². The largest absolute Gasteiger partial charge is 0.313 e. The molecule has 1 saturated carbocycles. The average molecular weight is 275 g/mol. The van der Waals surface area contributed by atoms with Crippen molar-refractivity contribution in [2.24, 2.45) is 11.8 Å². The smallest absolute Gasteiger partial charge is 0.151 e. The standard InChI is InChI=1S/C14H29NO2S/c1-4-18(16,17)11-10-15-14-7-5-6-13(8-9-14)12(2)3/h12-15H,4-11H2,1-3H3. The Labute approximate surface area is 113 Å². The molecule has 2 atom stereocenters. The summed E-state index contributed by atoms with van der Waals surface area (Å²) in [4.78, 5) is 0. The highest BCUT2D eigenvalue weighted by Crippen LogP contribution is 2.28. The van der Waals surface area contributed by atoms with Gasteiger partial charge in [-0.15, -0.1) is 0 Å². The third-order valence-electron chi connectivity index (χ3n) is 4.24. The molecule has 0 saturated heterocycles. The minimum atomic E-state index is -2.82. The van der Waals surface area contributed by atoms with Crippen LogP contribution in [0.5, 0.6) is 0 Å². The van der Waals surface area contributed by atoms with E-state index >= 15 is 0 Å². The summed E-state index contributed by atoms with van der Waals surface area (Å²) in [5.41, 5.74) is 0. The zero-order chi connectivity index (χ0) is 13.6. The Kier molecular flexibility index (Phi) is 6.64. The summed E-state index contributed by atoms with van der Waals surface area (Å²) in [6.45, 7) is 6.96. The van der Waals surface area contributed by atoms with E-state index in [0.717, 1.165) is 11.8 Å². The Morgan fingerprint density at radius 1 is 1.17 bits per heavy atom. The van der Waals surface area contributed by atoms with Crippen molar-refractivity contribution >= 4 is 9.84 Å². The molecule has 0 bridgehead atoms. The first-order valence-corrected chi connectivity index (χ1v) is 9.20. The predicted octanol–water partition coefficient (Wildman–Crippen LogP) is 2.62. The number of rotatable bonds is 6. The molecule has 0 aromatic carbocycles. The topological polar surface area (TPSA) is 46.2 Å². The first-order chi connectivity index (χ1) is 8.44. The highest BCUT2D eigenvalue weighted by molar-refractivity contribution is 7.91. The summed E-state index contributed by atoms with van der Waals surface area (Å²) < 4.78 is 22.8. The molecule has 0 radical (unpaired) electrons. The second kappa shape index (κ2) is 7.49. The molecule has 1 aliphatic rings. The van der Waals surface area contributed by atoms with Gasteiger partial charge in [-0.2, -0.15) is 0 Å². The van der Waals surface area contributed by atoms with Crippen LogP contribution >= 0.6 is 0 Å². The molecule has 0 heterocycles. The molecular weight excluding hydrogens is 246 g/mol. The van der Waals surface area contributed by atoms with E-state index in [1.54, 1.807) is 6.92 Å². The van der Waals surface area contributed by atoms with Crippen LogP contribution in [0, 0.1) is 11.8 Å². The Bertz CT molecular complexity index is 325. The zero-order valence-corrected chi connectivity index (χ0v) is 12.9. The number of hydrogen-bond donors (Lipinski definition) is 1. The second-order valence-electron chi connectivity index (χ2n) is 5.90. The highest BCUT2D eigenvalue weighted by Gasteiger charge is 2.20. The van der Waals surface area contributed by atoms with Crippen LogP contribution in [-0.2, 0) is 9.84 Å². The summed E-state index contributed by atoms with van der Waals surface area (Å²) in [5, 5.41) is 3.43. The van der Waals surface area contributed by atoms with E-state index in [1.165, 1.54) is 32.1 Å². The fraction of sp³-hybridized carbons (Fsp3) is 1.00. The molecule has 18 heavy (non-hydrogen) atoms. The van der Waals surface area contributed by atoms with Crippen molar-refractivity contribution in [2.75, 3.05) is 18.1 Å². The van der Waals surface area contributed by atoms with Crippen molar-refractivity contribution in [3.8, 4) is 0 Å². The quantitative estimate of drug-likeness (QED) is 0.758. The molecule has 0 aliphatic heterocycles. The maximum atomic E-state index is 11.4. The molecule has 0 amide bonds. The Morgan fingerprint density at radius 3 is 2.50 bits per heavy atom. The molecule has 0 aromatic rings. The van der Waals surface area contributed by atoms with E-state index in [4.69, 9.17) is 0 Å². The van der Waals surface area contributed by atoms with Gasteiger partial charge in [0.1, 0.15) is 0 Å². The third-order valence-corrected chi connectivity index (χ3v) is 5.95. The minimum Gasteiger partial charge on any atom is -0.313 e. The molecule has 1 fully saturated rings. The van der Waals surface area contributed by atoms with Crippen LogP contribution in [0.4, 0.5) is 0 Å². The van der Waals surface area contributed by atoms with E-state index in [-0.39, 0.29) is 11.5 Å². The second-order valence-corrected chi connectivity index (χ2v) is 8.37. The van der Waals surface area contributed by atoms with Gasteiger partial charge >= 0.3 is 0 Å².